The van der Waals surface area contributed by atoms with E-state index >= 15 is 0 Å². The number of nitrogens with zero attached hydrogens (tertiary/aromatic N) is 1. The van der Waals surface area contributed by atoms with Gasteiger partial charge in [0.1, 0.15) is 11.6 Å². The zero-order valence-corrected chi connectivity index (χ0v) is 8.56. The van der Waals surface area contributed by atoms with Gasteiger partial charge in [0.2, 0.25) is 0 Å². The van der Waals surface area contributed by atoms with E-state index in [9.17, 15) is 8.78 Å². The summed E-state index contributed by atoms with van der Waals surface area (Å²) in [4.78, 5) is 4.14. The predicted molar refractivity (Wildman–Crippen MR) is 54.2 cm³/mol. The molecule has 0 saturated carbocycles. The van der Waals surface area contributed by atoms with Gasteiger partial charge < -0.3 is 0 Å². The predicted octanol–water partition coefficient (Wildman–Crippen LogP) is 3.78. The van der Waals surface area contributed by atoms with Crippen LogP contribution in [-0.4, -0.2) is 5.71 Å². The molecule has 76 valence electrons. The van der Waals surface area contributed by atoms with Crippen molar-refractivity contribution >= 4 is 11.4 Å². The van der Waals surface area contributed by atoms with Gasteiger partial charge in [0.05, 0.1) is 5.69 Å². The highest BCUT2D eigenvalue weighted by atomic mass is 19.1. The molecule has 0 radical (unpaired) electrons. The first-order chi connectivity index (χ1) is 6.54. The van der Waals surface area contributed by atoms with Crippen molar-refractivity contribution in [3.63, 3.8) is 0 Å². The van der Waals surface area contributed by atoms with Gasteiger partial charge in [-0.15, -0.1) is 0 Å². The fraction of sp³-hybridized carbons (Fsp3) is 0.364. The lowest BCUT2D eigenvalue weighted by Crippen LogP contribution is -1.90. The number of hydrogen-bond acceptors (Lipinski definition) is 1. The Hall–Kier alpha value is -1.25. The van der Waals surface area contributed by atoms with E-state index < -0.39 is 11.6 Å². The van der Waals surface area contributed by atoms with Crippen molar-refractivity contribution in [3.8, 4) is 0 Å². The van der Waals surface area contributed by atoms with Gasteiger partial charge in [0, 0.05) is 17.3 Å². The van der Waals surface area contributed by atoms with Crippen molar-refractivity contribution in [2.45, 2.75) is 27.2 Å². The Kier molecular flexibility index (Phi) is 3.33. The van der Waals surface area contributed by atoms with Crippen molar-refractivity contribution in [3.05, 3.63) is 29.3 Å². The maximum atomic E-state index is 13.1. The standard InChI is InChI=1S/C11H13F2N/c1-4-7(2)14-11-6-9(12)5-10(13)8(11)3/h5-6H,4H2,1-3H3. The van der Waals surface area contributed by atoms with E-state index in [1.165, 1.54) is 6.07 Å². The monoisotopic (exact) mass is 197 g/mol. The zero-order valence-electron chi connectivity index (χ0n) is 8.56. The summed E-state index contributed by atoms with van der Waals surface area (Å²) in [5.74, 6) is -1.14. The number of halogens is 2. The molecule has 0 N–H and O–H groups in total. The number of benzene rings is 1. The van der Waals surface area contributed by atoms with Crippen molar-refractivity contribution in [2.75, 3.05) is 0 Å². The van der Waals surface area contributed by atoms with Crippen molar-refractivity contribution in [1.29, 1.82) is 0 Å². The van der Waals surface area contributed by atoms with Gasteiger partial charge in [-0.3, -0.25) is 4.99 Å². The highest BCUT2D eigenvalue weighted by Gasteiger charge is 2.06. The van der Waals surface area contributed by atoms with Gasteiger partial charge in [-0.1, -0.05) is 6.92 Å². The van der Waals surface area contributed by atoms with E-state index in [1.807, 2.05) is 13.8 Å². The molecule has 1 aromatic carbocycles. The topological polar surface area (TPSA) is 12.4 Å². The van der Waals surface area contributed by atoms with Crippen molar-refractivity contribution < 1.29 is 8.78 Å². The van der Waals surface area contributed by atoms with Crippen molar-refractivity contribution in [2.24, 2.45) is 4.99 Å². The van der Waals surface area contributed by atoms with Crippen LogP contribution >= 0.6 is 0 Å². The normalized spacial score (nSPS) is 11.9. The molecule has 0 aliphatic carbocycles. The van der Waals surface area contributed by atoms with Gasteiger partial charge in [0.15, 0.2) is 0 Å². The maximum Gasteiger partial charge on any atom is 0.131 e. The molecule has 0 atom stereocenters. The first-order valence-corrected chi connectivity index (χ1v) is 4.54. The molecule has 0 fully saturated rings. The second-order valence-corrected chi connectivity index (χ2v) is 3.23. The van der Waals surface area contributed by atoms with Crippen LogP contribution < -0.4 is 0 Å². The summed E-state index contributed by atoms with van der Waals surface area (Å²) in [6.07, 6.45) is 0.775. The van der Waals surface area contributed by atoms with Crippen LogP contribution in [0.3, 0.4) is 0 Å². The Morgan fingerprint density at radius 1 is 1.36 bits per heavy atom. The molecule has 1 aromatic rings. The van der Waals surface area contributed by atoms with E-state index in [2.05, 4.69) is 4.99 Å². The average molecular weight is 197 g/mol. The molecule has 0 aromatic heterocycles. The molecule has 0 bridgehead atoms. The first kappa shape index (κ1) is 10.8. The average Bonchev–Trinajstić information content (AvgIpc) is 2.13. The summed E-state index contributed by atoms with van der Waals surface area (Å²) in [5, 5.41) is 0. The fourth-order valence-electron chi connectivity index (χ4n) is 1.03. The molecule has 0 unspecified atom stereocenters. The van der Waals surface area contributed by atoms with E-state index in [0.29, 0.717) is 11.3 Å². The van der Waals surface area contributed by atoms with Crippen LogP contribution in [-0.2, 0) is 0 Å². The van der Waals surface area contributed by atoms with E-state index in [-0.39, 0.29) is 0 Å². The molecule has 1 rings (SSSR count). The van der Waals surface area contributed by atoms with Gasteiger partial charge in [-0.25, -0.2) is 8.78 Å². The lowest BCUT2D eigenvalue weighted by molar-refractivity contribution is 0.578. The molecule has 14 heavy (non-hydrogen) atoms. The van der Waals surface area contributed by atoms with E-state index in [1.54, 1.807) is 6.92 Å². The molecule has 0 spiro atoms. The second-order valence-electron chi connectivity index (χ2n) is 3.23. The van der Waals surface area contributed by atoms with Gasteiger partial charge in [-0.05, 0) is 26.3 Å². The summed E-state index contributed by atoms with van der Waals surface area (Å²) in [6, 6.07) is 2.12. The highest BCUT2D eigenvalue weighted by molar-refractivity contribution is 5.84. The smallest absolute Gasteiger partial charge is 0.131 e. The molecule has 1 nitrogen and oxygen atoms in total. The van der Waals surface area contributed by atoms with Crippen LogP contribution in [0, 0.1) is 18.6 Å². The summed E-state index contributed by atoms with van der Waals surface area (Å²) >= 11 is 0. The molecular weight excluding hydrogens is 184 g/mol. The third-order valence-electron chi connectivity index (χ3n) is 2.10. The number of aliphatic imine (C=N–C) groups is 1. The third kappa shape index (κ3) is 2.37. The Balaban J connectivity index is 3.21. The molecule has 0 heterocycles. The van der Waals surface area contributed by atoms with Crippen LogP contribution in [0.25, 0.3) is 0 Å². The maximum absolute atomic E-state index is 13.1. The Labute approximate surface area is 82.5 Å². The van der Waals surface area contributed by atoms with Crippen LogP contribution in [0.15, 0.2) is 17.1 Å². The largest absolute Gasteiger partial charge is 0.258 e. The molecular formula is C11H13F2N. The van der Waals surface area contributed by atoms with Crippen LogP contribution in [0.4, 0.5) is 14.5 Å². The van der Waals surface area contributed by atoms with Gasteiger partial charge >= 0.3 is 0 Å². The highest BCUT2D eigenvalue weighted by Crippen LogP contribution is 2.23. The Bertz CT molecular complexity index is 370. The summed E-state index contributed by atoms with van der Waals surface area (Å²) < 4.78 is 25.9. The number of hydrogen-bond donors (Lipinski definition) is 0. The van der Waals surface area contributed by atoms with Crippen LogP contribution in [0.5, 0.6) is 0 Å². The second kappa shape index (κ2) is 4.31. The SMILES string of the molecule is CCC(C)=Nc1cc(F)cc(F)c1C. The zero-order chi connectivity index (χ0) is 10.7. The first-order valence-electron chi connectivity index (χ1n) is 4.54. The number of rotatable bonds is 2. The van der Waals surface area contributed by atoms with E-state index in [0.717, 1.165) is 18.2 Å². The summed E-state index contributed by atoms with van der Waals surface area (Å²) in [7, 11) is 0. The minimum atomic E-state index is -0.587. The Morgan fingerprint density at radius 2 is 2.00 bits per heavy atom. The van der Waals surface area contributed by atoms with Crippen molar-refractivity contribution in [1.82, 2.24) is 0 Å². The summed E-state index contributed by atoms with van der Waals surface area (Å²) in [5.41, 5.74) is 1.62. The lowest BCUT2D eigenvalue weighted by atomic mass is 10.2. The molecule has 0 aliphatic rings. The molecule has 0 aliphatic heterocycles. The molecule has 0 amide bonds. The molecule has 3 heteroatoms. The summed E-state index contributed by atoms with van der Waals surface area (Å²) in [6.45, 7) is 5.38. The van der Waals surface area contributed by atoms with Crippen LogP contribution in [0.1, 0.15) is 25.8 Å². The minimum absolute atomic E-state index is 0.377. The Morgan fingerprint density at radius 3 is 2.57 bits per heavy atom. The van der Waals surface area contributed by atoms with E-state index in [4.69, 9.17) is 0 Å². The lowest BCUT2D eigenvalue weighted by Gasteiger charge is -2.03. The van der Waals surface area contributed by atoms with Crippen LogP contribution in [0.2, 0.25) is 0 Å². The third-order valence-corrected chi connectivity index (χ3v) is 2.10. The molecule has 0 saturated heterocycles. The minimum Gasteiger partial charge on any atom is -0.258 e. The van der Waals surface area contributed by atoms with Gasteiger partial charge in [-0.2, -0.15) is 0 Å². The quantitative estimate of drug-likeness (QED) is 0.640. The van der Waals surface area contributed by atoms with Gasteiger partial charge in [0.25, 0.3) is 0 Å². The fourth-order valence-corrected chi connectivity index (χ4v) is 1.03.